The van der Waals surface area contributed by atoms with Crippen molar-refractivity contribution in [3.8, 4) is 0 Å². The highest BCUT2D eigenvalue weighted by atomic mass is 16.6. The minimum Gasteiger partial charge on any atom is -0.458 e. The SMILES string of the molecule is CC(C)(C)OC(=O)NCC(=O)N[C@@H](Cc1ccccc1)C(=O)COC(=O)CCCN. The second-order valence-electron chi connectivity index (χ2n) is 7.68. The predicted molar refractivity (Wildman–Crippen MR) is 111 cm³/mol. The molecule has 0 saturated carbocycles. The number of esters is 1. The van der Waals surface area contributed by atoms with Gasteiger partial charge in [-0.05, 0) is 45.7 Å². The van der Waals surface area contributed by atoms with Gasteiger partial charge in [0, 0.05) is 6.42 Å². The summed E-state index contributed by atoms with van der Waals surface area (Å²) in [4.78, 5) is 48.1. The Morgan fingerprint density at radius 1 is 1.10 bits per heavy atom. The number of nitrogens with two attached hydrogens (primary N) is 1. The molecule has 0 aliphatic carbocycles. The molecule has 30 heavy (non-hydrogen) atoms. The van der Waals surface area contributed by atoms with Crippen LogP contribution in [0, 0.1) is 0 Å². The van der Waals surface area contributed by atoms with Crippen LogP contribution in [0.4, 0.5) is 4.79 Å². The Bertz CT molecular complexity index is 715. The molecular formula is C21H31N3O6. The van der Waals surface area contributed by atoms with Gasteiger partial charge < -0.3 is 25.8 Å². The van der Waals surface area contributed by atoms with Crippen LogP contribution in [0.3, 0.4) is 0 Å². The number of carbonyl (C=O) groups is 4. The van der Waals surface area contributed by atoms with Gasteiger partial charge in [-0.2, -0.15) is 0 Å². The molecule has 9 nitrogen and oxygen atoms in total. The third-order valence-electron chi connectivity index (χ3n) is 3.76. The van der Waals surface area contributed by atoms with Gasteiger partial charge in [-0.1, -0.05) is 30.3 Å². The summed E-state index contributed by atoms with van der Waals surface area (Å²) in [5.41, 5.74) is 5.47. The molecule has 0 radical (unpaired) electrons. The summed E-state index contributed by atoms with van der Waals surface area (Å²) in [5, 5.41) is 4.92. The molecule has 0 unspecified atom stereocenters. The standard InChI is InChI=1S/C21H31N3O6/c1-21(2,3)30-20(28)23-13-18(26)24-16(12-15-8-5-4-6-9-15)17(25)14-29-19(27)10-7-11-22/h4-6,8-9,16H,7,10-14,22H2,1-3H3,(H,23,28)(H,24,26)/t16-/m0/s1. The largest absolute Gasteiger partial charge is 0.458 e. The maximum absolute atomic E-state index is 12.6. The molecule has 1 rings (SSSR count). The lowest BCUT2D eigenvalue weighted by Gasteiger charge is -2.20. The Balaban J connectivity index is 2.66. The number of ether oxygens (including phenoxy) is 2. The van der Waals surface area contributed by atoms with Crippen LogP contribution >= 0.6 is 0 Å². The van der Waals surface area contributed by atoms with E-state index < -0.39 is 42.0 Å². The smallest absolute Gasteiger partial charge is 0.408 e. The number of hydrogen-bond acceptors (Lipinski definition) is 7. The van der Waals surface area contributed by atoms with Crippen molar-refractivity contribution in [1.82, 2.24) is 10.6 Å². The van der Waals surface area contributed by atoms with Crippen molar-refractivity contribution in [3.05, 3.63) is 35.9 Å². The number of amides is 2. The van der Waals surface area contributed by atoms with Gasteiger partial charge >= 0.3 is 12.1 Å². The first kappa shape index (κ1) is 25.1. The van der Waals surface area contributed by atoms with Crippen LogP contribution in [0.1, 0.15) is 39.2 Å². The Kier molecular flexibility index (Phi) is 10.5. The zero-order valence-electron chi connectivity index (χ0n) is 17.7. The first-order valence-electron chi connectivity index (χ1n) is 9.79. The average molecular weight is 421 g/mol. The molecule has 1 atom stereocenters. The van der Waals surface area contributed by atoms with Gasteiger partial charge in [0.1, 0.15) is 12.1 Å². The summed E-state index contributed by atoms with van der Waals surface area (Å²) in [7, 11) is 0. The minimum atomic E-state index is -0.914. The summed E-state index contributed by atoms with van der Waals surface area (Å²) in [6, 6.07) is 8.19. The topological polar surface area (TPSA) is 137 Å². The van der Waals surface area contributed by atoms with E-state index in [1.54, 1.807) is 20.8 Å². The molecule has 0 bridgehead atoms. The van der Waals surface area contributed by atoms with Crippen molar-refractivity contribution >= 4 is 23.8 Å². The fourth-order valence-corrected chi connectivity index (χ4v) is 2.38. The first-order valence-corrected chi connectivity index (χ1v) is 9.79. The normalized spacial score (nSPS) is 11.9. The number of hydrogen-bond donors (Lipinski definition) is 3. The summed E-state index contributed by atoms with van der Waals surface area (Å²) in [6.45, 7) is 4.65. The van der Waals surface area contributed by atoms with Crippen molar-refractivity contribution in [1.29, 1.82) is 0 Å². The molecule has 0 aliphatic heterocycles. The van der Waals surface area contributed by atoms with Crippen LogP contribution < -0.4 is 16.4 Å². The van der Waals surface area contributed by atoms with E-state index in [9.17, 15) is 19.2 Å². The second kappa shape index (κ2) is 12.6. The number of nitrogens with one attached hydrogen (secondary N) is 2. The Morgan fingerprint density at radius 2 is 1.77 bits per heavy atom. The van der Waals surface area contributed by atoms with Crippen molar-refractivity contribution in [2.75, 3.05) is 19.7 Å². The fourth-order valence-electron chi connectivity index (χ4n) is 2.38. The van der Waals surface area contributed by atoms with E-state index in [1.807, 2.05) is 30.3 Å². The first-order chi connectivity index (χ1) is 14.1. The molecule has 0 aromatic heterocycles. The summed E-state index contributed by atoms with van der Waals surface area (Å²) in [6.07, 6.45) is 0.0721. The predicted octanol–water partition coefficient (Wildman–Crippen LogP) is 1.09. The lowest BCUT2D eigenvalue weighted by molar-refractivity contribution is -0.148. The van der Waals surface area contributed by atoms with E-state index in [4.69, 9.17) is 15.2 Å². The van der Waals surface area contributed by atoms with Gasteiger partial charge in [-0.15, -0.1) is 0 Å². The average Bonchev–Trinajstić information content (AvgIpc) is 2.68. The Morgan fingerprint density at radius 3 is 2.37 bits per heavy atom. The van der Waals surface area contributed by atoms with Crippen LogP contribution in [-0.2, 0) is 30.3 Å². The monoisotopic (exact) mass is 421 g/mol. The summed E-state index contributed by atoms with van der Waals surface area (Å²) < 4.78 is 10.0. The molecule has 0 aliphatic rings. The molecule has 4 N–H and O–H groups in total. The van der Waals surface area contributed by atoms with Gasteiger partial charge in [0.2, 0.25) is 5.91 Å². The van der Waals surface area contributed by atoms with E-state index in [-0.39, 0.29) is 19.4 Å². The van der Waals surface area contributed by atoms with Crippen LogP contribution in [-0.4, -0.2) is 55.1 Å². The third kappa shape index (κ3) is 11.2. The maximum Gasteiger partial charge on any atom is 0.408 e. The Hall–Kier alpha value is -2.94. The van der Waals surface area contributed by atoms with E-state index in [1.165, 1.54) is 0 Å². The lowest BCUT2D eigenvalue weighted by Crippen LogP contribution is -2.48. The molecule has 166 valence electrons. The van der Waals surface area contributed by atoms with Crippen LogP contribution in [0.5, 0.6) is 0 Å². The van der Waals surface area contributed by atoms with E-state index in [0.717, 1.165) is 5.56 Å². The molecule has 1 aromatic rings. The highest BCUT2D eigenvalue weighted by Crippen LogP contribution is 2.07. The molecule has 2 amide bonds. The van der Waals surface area contributed by atoms with Crippen LogP contribution in [0.2, 0.25) is 0 Å². The van der Waals surface area contributed by atoms with Crippen molar-refractivity contribution in [2.24, 2.45) is 5.73 Å². The summed E-state index contributed by atoms with van der Waals surface area (Å²) in [5.74, 6) is -1.54. The molecule has 9 heteroatoms. The number of rotatable bonds is 11. The molecule has 0 saturated heterocycles. The quantitative estimate of drug-likeness (QED) is 0.455. The zero-order valence-corrected chi connectivity index (χ0v) is 17.7. The molecule has 0 heterocycles. The summed E-state index contributed by atoms with van der Waals surface area (Å²) >= 11 is 0. The highest BCUT2D eigenvalue weighted by molar-refractivity contribution is 5.92. The number of alkyl carbamates (subject to hydrolysis) is 1. The van der Waals surface area contributed by atoms with Gasteiger partial charge in [0.05, 0.1) is 6.04 Å². The Labute approximate surface area is 176 Å². The van der Waals surface area contributed by atoms with Crippen molar-refractivity contribution in [3.63, 3.8) is 0 Å². The third-order valence-corrected chi connectivity index (χ3v) is 3.76. The zero-order chi connectivity index (χ0) is 22.6. The molecule has 1 aromatic carbocycles. The van der Waals surface area contributed by atoms with Gasteiger partial charge in [0.15, 0.2) is 12.4 Å². The highest BCUT2D eigenvalue weighted by Gasteiger charge is 2.23. The van der Waals surface area contributed by atoms with E-state index in [2.05, 4.69) is 10.6 Å². The van der Waals surface area contributed by atoms with Gasteiger partial charge in [-0.3, -0.25) is 14.4 Å². The number of ketones is 1. The van der Waals surface area contributed by atoms with Gasteiger partial charge in [0.25, 0.3) is 0 Å². The molecule has 0 fully saturated rings. The second-order valence-corrected chi connectivity index (χ2v) is 7.68. The van der Waals surface area contributed by atoms with E-state index in [0.29, 0.717) is 13.0 Å². The van der Waals surface area contributed by atoms with Crippen molar-refractivity contribution in [2.45, 2.75) is 51.7 Å². The maximum atomic E-state index is 12.6. The minimum absolute atomic E-state index is 0.124. The van der Waals surface area contributed by atoms with Crippen molar-refractivity contribution < 1.29 is 28.7 Å². The lowest BCUT2D eigenvalue weighted by atomic mass is 10.0. The van der Waals surface area contributed by atoms with Gasteiger partial charge in [-0.25, -0.2) is 4.79 Å². The van der Waals surface area contributed by atoms with Crippen LogP contribution in [0.25, 0.3) is 0 Å². The molecular weight excluding hydrogens is 390 g/mol. The molecule has 0 spiro atoms. The number of carbonyl (C=O) groups excluding carboxylic acids is 4. The van der Waals surface area contributed by atoms with Crippen LogP contribution in [0.15, 0.2) is 30.3 Å². The fraction of sp³-hybridized carbons (Fsp3) is 0.524. The van der Waals surface area contributed by atoms with E-state index >= 15 is 0 Å². The number of Topliss-reactive ketones (excluding diaryl/α,β-unsaturated/α-hetero) is 1. The number of benzene rings is 1.